The number of amides is 1. The molecule has 1 aromatic carbocycles. The molecule has 1 rings (SSSR count). The van der Waals surface area contributed by atoms with Crippen LogP contribution in [0.25, 0.3) is 0 Å². The van der Waals surface area contributed by atoms with Gasteiger partial charge in [0.15, 0.2) is 0 Å². The highest BCUT2D eigenvalue weighted by atomic mass is 35.7. The minimum Gasteiger partial charge on any atom is -0.335 e. The van der Waals surface area contributed by atoms with Crippen molar-refractivity contribution in [1.29, 1.82) is 0 Å². The number of carbonyl (C=O) groups is 1. The summed E-state index contributed by atoms with van der Waals surface area (Å²) in [6, 6.07) is 4.13. The molecular weight excluding hydrogens is 309 g/mol. The average molecular weight is 322 g/mol. The van der Waals surface area contributed by atoms with Crippen LogP contribution in [0.5, 0.6) is 0 Å². The second-order valence-corrected chi connectivity index (χ2v) is 6.62. The van der Waals surface area contributed by atoms with Gasteiger partial charge in [-0.2, -0.15) is 0 Å². The molecule has 0 unspecified atom stereocenters. The van der Waals surface area contributed by atoms with Gasteiger partial charge in [-0.25, -0.2) is 8.42 Å². The normalized spacial score (nSPS) is 11.1. The molecule has 0 bridgehead atoms. The number of hydrogen-bond acceptors (Lipinski definition) is 3. The summed E-state index contributed by atoms with van der Waals surface area (Å²) in [4.78, 5) is 13.5. The van der Waals surface area contributed by atoms with Crippen molar-refractivity contribution < 1.29 is 13.2 Å². The van der Waals surface area contributed by atoms with Gasteiger partial charge in [-0.3, -0.25) is 4.79 Å². The van der Waals surface area contributed by atoms with Crippen LogP contribution in [-0.2, 0) is 9.05 Å². The summed E-state index contributed by atoms with van der Waals surface area (Å²) in [6.07, 6.45) is 1.55. The molecule has 0 radical (unpaired) electrons. The Labute approximate surface area is 122 Å². The summed E-state index contributed by atoms with van der Waals surface area (Å²) in [5.41, 5.74) is -0.108. The number of nitrogens with zero attached hydrogens (tertiary/aromatic N) is 1. The maximum Gasteiger partial charge on any atom is 0.262 e. The number of hydrogen-bond donors (Lipinski definition) is 0. The molecule has 0 aliphatic heterocycles. The van der Waals surface area contributed by atoms with Gasteiger partial charge in [-0.15, -0.1) is 6.58 Å². The standard InChI is InChI=1S/C12H13Cl2NO3S/c1-3-8-15(4-2)12(16)11-9(13)6-5-7-10(11)19(14,17)18/h3,5-7H,1,4,8H2,2H3. The molecule has 0 aliphatic carbocycles. The monoisotopic (exact) mass is 321 g/mol. The van der Waals surface area contributed by atoms with Crippen molar-refractivity contribution in [3.8, 4) is 0 Å². The maximum atomic E-state index is 12.3. The molecule has 104 valence electrons. The van der Waals surface area contributed by atoms with Gasteiger partial charge in [0, 0.05) is 23.8 Å². The van der Waals surface area contributed by atoms with Gasteiger partial charge in [0.2, 0.25) is 0 Å². The Morgan fingerprint density at radius 2 is 2.11 bits per heavy atom. The molecule has 0 aromatic heterocycles. The Hall–Kier alpha value is -1.04. The first kappa shape index (κ1) is 16.0. The Balaban J connectivity index is 3.41. The Morgan fingerprint density at radius 1 is 1.47 bits per heavy atom. The fourth-order valence-electron chi connectivity index (χ4n) is 1.58. The third-order valence-electron chi connectivity index (χ3n) is 2.47. The van der Waals surface area contributed by atoms with Crippen molar-refractivity contribution in [2.24, 2.45) is 0 Å². The zero-order valence-corrected chi connectivity index (χ0v) is 12.6. The third kappa shape index (κ3) is 3.72. The molecule has 0 saturated carbocycles. The largest absolute Gasteiger partial charge is 0.335 e. The third-order valence-corrected chi connectivity index (χ3v) is 4.15. The highest BCUT2D eigenvalue weighted by Gasteiger charge is 2.25. The van der Waals surface area contributed by atoms with Gasteiger partial charge in [-0.1, -0.05) is 23.7 Å². The van der Waals surface area contributed by atoms with Crippen molar-refractivity contribution in [2.75, 3.05) is 13.1 Å². The average Bonchev–Trinajstić information content (AvgIpc) is 2.33. The summed E-state index contributed by atoms with van der Waals surface area (Å²) < 4.78 is 23.0. The summed E-state index contributed by atoms with van der Waals surface area (Å²) in [7, 11) is 1.28. The van der Waals surface area contributed by atoms with Crippen LogP contribution in [0.2, 0.25) is 5.02 Å². The van der Waals surface area contributed by atoms with Crippen molar-refractivity contribution in [3.63, 3.8) is 0 Å². The topological polar surface area (TPSA) is 54.5 Å². The fourth-order valence-corrected chi connectivity index (χ4v) is 2.96. The molecule has 0 heterocycles. The zero-order valence-electron chi connectivity index (χ0n) is 10.3. The van der Waals surface area contributed by atoms with Crippen molar-refractivity contribution >= 4 is 37.2 Å². The van der Waals surface area contributed by atoms with Gasteiger partial charge in [0.1, 0.15) is 0 Å². The van der Waals surface area contributed by atoms with E-state index < -0.39 is 15.0 Å². The van der Waals surface area contributed by atoms with E-state index >= 15 is 0 Å². The summed E-state index contributed by atoms with van der Waals surface area (Å²) in [5.74, 6) is -0.493. The molecule has 0 fully saturated rings. The van der Waals surface area contributed by atoms with Crippen LogP contribution in [0.4, 0.5) is 0 Å². The quantitative estimate of drug-likeness (QED) is 0.619. The van der Waals surface area contributed by atoms with Gasteiger partial charge >= 0.3 is 0 Å². The first-order valence-corrected chi connectivity index (χ1v) is 8.15. The molecule has 0 atom stereocenters. The molecular formula is C12H13Cl2NO3S. The van der Waals surface area contributed by atoms with E-state index in [1.807, 2.05) is 0 Å². The predicted octanol–water partition coefficient (Wildman–Crippen LogP) is 2.92. The van der Waals surface area contributed by atoms with Crippen LogP contribution in [0.1, 0.15) is 17.3 Å². The van der Waals surface area contributed by atoms with Gasteiger partial charge < -0.3 is 4.90 Å². The van der Waals surface area contributed by atoms with Crippen molar-refractivity contribution in [1.82, 2.24) is 4.90 Å². The van der Waals surface area contributed by atoms with E-state index in [-0.39, 0.29) is 15.5 Å². The molecule has 1 aromatic rings. The minimum absolute atomic E-state index is 0.0502. The second-order valence-electron chi connectivity index (χ2n) is 3.68. The number of likely N-dealkylation sites (N-methyl/N-ethyl adjacent to an activating group) is 1. The number of carbonyl (C=O) groups excluding carboxylic acids is 1. The smallest absolute Gasteiger partial charge is 0.262 e. The maximum absolute atomic E-state index is 12.3. The molecule has 0 spiro atoms. The number of halogens is 2. The highest BCUT2D eigenvalue weighted by molar-refractivity contribution is 8.13. The lowest BCUT2D eigenvalue weighted by Crippen LogP contribution is -2.32. The first-order chi connectivity index (χ1) is 8.82. The lowest BCUT2D eigenvalue weighted by atomic mass is 10.2. The van der Waals surface area contributed by atoms with E-state index in [1.165, 1.54) is 23.1 Å². The summed E-state index contributed by atoms with van der Waals surface area (Å²) >= 11 is 5.94. The fraction of sp³-hybridized carbons (Fsp3) is 0.250. The molecule has 1 amide bonds. The van der Waals surface area contributed by atoms with Gasteiger partial charge in [-0.05, 0) is 19.1 Å². The van der Waals surface area contributed by atoms with Gasteiger partial charge in [0.05, 0.1) is 15.5 Å². The van der Waals surface area contributed by atoms with Crippen LogP contribution >= 0.6 is 22.3 Å². The number of rotatable bonds is 5. The lowest BCUT2D eigenvalue weighted by Gasteiger charge is -2.20. The van der Waals surface area contributed by atoms with Gasteiger partial charge in [0.25, 0.3) is 15.0 Å². The van der Waals surface area contributed by atoms with E-state index in [0.29, 0.717) is 13.1 Å². The zero-order chi connectivity index (χ0) is 14.6. The molecule has 4 nitrogen and oxygen atoms in total. The van der Waals surface area contributed by atoms with E-state index in [4.69, 9.17) is 22.3 Å². The molecule has 0 saturated heterocycles. The van der Waals surface area contributed by atoms with E-state index in [0.717, 1.165) is 0 Å². The van der Waals surface area contributed by atoms with E-state index in [2.05, 4.69) is 6.58 Å². The van der Waals surface area contributed by atoms with Crippen molar-refractivity contribution in [3.05, 3.63) is 41.4 Å². The van der Waals surface area contributed by atoms with Crippen LogP contribution < -0.4 is 0 Å². The minimum atomic E-state index is -4.04. The van der Waals surface area contributed by atoms with Crippen molar-refractivity contribution in [2.45, 2.75) is 11.8 Å². The number of benzene rings is 1. The molecule has 7 heteroatoms. The molecule has 0 N–H and O–H groups in total. The first-order valence-electron chi connectivity index (χ1n) is 5.46. The van der Waals surface area contributed by atoms with Crippen LogP contribution in [-0.4, -0.2) is 32.3 Å². The molecule has 19 heavy (non-hydrogen) atoms. The lowest BCUT2D eigenvalue weighted by molar-refractivity contribution is 0.0778. The van der Waals surface area contributed by atoms with Crippen LogP contribution in [0.3, 0.4) is 0 Å². The molecule has 0 aliphatic rings. The van der Waals surface area contributed by atoms with Crippen LogP contribution in [0, 0.1) is 0 Å². The van der Waals surface area contributed by atoms with E-state index in [1.54, 1.807) is 13.0 Å². The Kier molecular flexibility index (Phi) is 5.40. The van der Waals surface area contributed by atoms with E-state index in [9.17, 15) is 13.2 Å². The SMILES string of the molecule is C=CCN(CC)C(=O)c1c(Cl)cccc1S(=O)(=O)Cl. The Bertz CT molecular complexity index is 599. The Morgan fingerprint density at radius 3 is 2.58 bits per heavy atom. The summed E-state index contributed by atoms with van der Waals surface area (Å²) in [5, 5.41) is 0.0502. The predicted molar refractivity (Wildman–Crippen MR) is 76.3 cm³/mol. The second kappa shape index (κ2) is 6.41. The van der Waals surface area contributed by atoms with Crippen LogP contribution in [0.15, 0.2) is 35.7 Å². The highest BCUT2D eigenvalue weighted by Crippen LogP contribution is 2.27. The summed E-state index contributed by atoms with van der Waals surface area (Å²) in [6.45, 7) is 6.01.